The predicted molar refractivity (Wildman–Crippen MR) is 75.1 cm³/mol. The molecule has 2 heterocycles. The van der Waals surface area contributed by atoms with Crippen LogP contribution in [0.5, 0.6) is 11.6 Å². The Morgan fingerprint density at radius 3 is 2.90 bits per heavy atom. The number of ether oxygens (including phenoxy) is 1. The number of aromatic nitrogens is 2. The Kier molecular flexibility index (Phi) is 5.01. The van der Waals surface area contributed by atoms with Gasteiger partial charge in [0.25, 0.3) is 0 Å². The number of hydrogen-bond donors (Lipinski definition) is 1. The first-order valence-electron chi connectivity index (χ1n) is 6.58. The highest BCUT2D eigenvalue weighted by atomic mass is 19.1. The molecule has 0 aliphatic carbocycles. The van der Waals surface area contributed by atoms with Crippen LogP contribution in [0.3, 0.4) is 0 Å². The lowest BCUT2D eigenvalue weighted by Crippen LogP contribution is -2.19. The van der Waals surface area contributed by atoms with E-state index in [1.54, 1.807) is 24.5 Å². The molecule has 0 fully saturated rings. The van der Waals surface area contributed by atoms with Gasteiger partial charge in [0, 0.05) is 18.3 Å². The van der Waals surface area contributed by atoms with Crippen molar-refractivity contribution in [3.05, 3.63) is 48.2 Å². The van der Waals surface area contributed by atoms with Gasteiger partial charge in [-0.25, -0.2) is 9.37 Å². The fourth-order valence-electron chi connectivity index (χ4n) is 1.70. The van der Waals surface area contributed by atoms with Crippen molar-refractivity contribution in [3.8, 4) is 11.6 Å². The molecule has 1 N–H and O–H groups in total. The van der Waals surface area contributed by atoms with E-state index in [0.717, 1.165) is 12.7 Å². The molecule has 0 atom stereocenters. The average molecular weight is 275 g/mol. The maximum absolute atomic E-state index is 13.3. The summed E-state index contributed by atoms with van der Waals surface area (Å²) in [5, 5.41) is 3.25. The van der Waals surface area contributed by atoms with E-state index in [9.17, 15) is 4.39 Å². The summed E-state index contributed by atoms with van der Waals surface area (Å²) in [5.74, 6) is 1.14. The fourth-order valence-corrected chi connectivity index (χ4v) is 1.70. The fraction of sp³-hybridized carbons (Fsp3) is 0.333. The van der Waals surface area contributed by atoms with E-state index >= 15 is 0 Å². The van der Waals surface area contributed by atoms with Gasteiger partial charge in [-0.2, -0.15) is 0 Å². The van der Waals surface area contributed by atoms with Crippen LogP contribution in [0.4, 0.5) is 4.39 Å². The number of nitrogens with one attached hydrogen (secondary N) is 1. The Morgan fingerprint density at radius 2 is 2.20 bits per heavy atom. The number of halogens is 1. The number of pyridine rings is 2. The quantitative estimate of drug-likeness (QED) is 0.879. The molecule has 20 heavy (non-hydrogen) atoms. The third kappa shape index (κ3) is 4.28. The van der Waals surface area contributed by atoms with Crippen molar-refractivity contribution in [1.82, 2.24) is 15.3 Å². The molecule has 0 aliphatic heterocycles. The summed E-state index contributed by atoms with van der Waals surface area (Å²) in [6.45, 7) is 5.59. The van der Waals surface area contributed by atoms with Crippen molar-refractivity contribution in [2.45, 2.75) is 20.4 Å². The van der Waals surface area contributed by atoms with Gasteiger partial charge in [0.2, 0.25) is 5.88 Å². The molecule has 0 bridgehead atoms. The van der Waals surface area contributed by atoms with Crippen LogP contribution in [0, 0.1) is 11.7 Å². The Bertz CT molecular complexity index is 546. The minimum atomic E-state index is -0.370. The molecule has 2 aromatic rings. The molecule has 0 unspecified atom stereocenters. The van der Waals surface area contributed by atoms with Gasteiger partial charge in [0.05, 0.1) is 12.4 Å². The van der Waals surface area contributed by atoms with Gasteiger partial charge in [-0.15, -0.1) is 0 Å². The maximum atomic E-state index is 13.3. The van der Waals surface area contributed by atoms with Crippen LogP contribution < -0.4 is 10.1 Å². The predicted octanol–water partition coefficient (Wildman–Crippen LogP) is 3.15. The second-order valence-corrected chi connectivity index (χ2v) is 4.93. The van der Waals surface area contributed by atoms with Gasteiger partial charge in [0.1, 0.15) is 11.6 Å². The lowest BCUT2D eigenvalue weighted by atomic mass is 10.2. The summed E-state index contributed by atoms with van der Waals surface area (Å²) in [4.78, 5) is 7.98. The topological polar surface area (TPSA) is 47.0 Å². The second-order valence-electron chi connectivity index (χ2n) is 4.93. The average Bonchev–Trinajstić information content (AvgIpc) is 2.42. The highest BCUT2D eigenvalue weighted by molar-refractivity contribution is 5.31. The zero-order valence-electron chi connectivity index (χ0n) is 11.6. The zero-order valence-corrected chi connectivity index (χ0v) is 11.6. The Hall–Kier alpha value is -2.01. The SMILES string of the molecule is CC(C)CNCc1cc(F)cnc1Oc1cccnc1. The molecule has 0 amide bonds. The van der Waals surface area contributed by atoms with Gasteiger partial charge in [-0.3, -0.25) is 4.98 Å². The van der Waals surface area contributed by atoms with Crippen LogP contribution in [0.2, 0.25) is 0 Å². The number of rotatable bonds is 6. The van der Waals surface area contributed by atoms with E-state index < -0.39 is 0 Å². The smallest absolute Gasteiger partial charge is 0.223 e. The normalized spacial score (nSPS) is 10.8. The van der Waals surface area contributed by atoms with Gasteiger partial charge in [0.15, 0.2) is 0 Å². The summed E-state index contributed by atoms with van der Waals surface area (Å²) in [6, 6.07) is 4.99. The summed E-state index contributed by atoms with van der Waals surface area (Å²) >= 11 is 0. The van der Waals surface area contributed by atoms with E-state index in [2.05, 4.69) is 29.1 Å². The zero-order chi connectivity index (χ0) is 14.4. The van der Waals surface area contributed by atoms with E-state index in [-0.39, 0.29) is 5.82 Å². The molecule has 0 aromatic carbocycles. The summed E-state index contributed by atoms with van der Waals surface area (Å²) in [6.07, 6.45) is 4.41. The van der Waals surface area contributed by atoms with Crippen LogP contribution in [-0.2, 0) is 6.54 Å². The van der Waals surface area contributed by atoms with Crippen LogP contribution in [0.25, 0.3) is 0 Å². The molecule has 4 nitrogen and oxygen atoms in total. The van der Waals surface area contributed by atoms with Crippen molar-refractivity contribution in [1.29, 1.82) is 0 Å². The van der Waals surface area contributed by atoms with Crippen molar-refractivity contribution >= 4 is 0 Å². The molecular weight excluding hydrogens is 257 g/mol. The van der Waals surface area contributed by atoms with Gasteiger partial charge < -0.3 is 10.1 Å². The molecule has 0 aliphatic rings. The van der Waals surface area contributed by atoms with E-state index in [4.69, 9.17) is 4.74 Å². The first kappa shape index (κ1) is 14.4. The standard InChI is InChI=1S/C15H18FN3O/c1-11(2)7-18-8-12-6-13(16)9-19-15(12)20-14-4-3-5-17-10-14/h3-6,9-11,18H,7-8H2,1-2H3. The summed E-state index contributed by atoms with van der Waals surface area (Å²) < 4.78 is 19.0. The highest BCUT2D eigenvalue weighted by Crippen LogP contribution is 2.22. The monoisotopic (exact) mass is 275 g/mol. The summed E-state index contributed by atoms with van der Waals surface area (Å²) in [7, 11) is 0. The van der Waals surface area contributed by atoms with E-state index in [0.29, 0.717) is 29.7 Å². The highest BCUT2D eigenvalue weighted by Gasteiger charge is 2.09. The Balaban J connectivity index is 2.11. The Labute approximate surface area is 118 Å². The third-order valence-corrected chi connectivity index (χ3v) is 2.61. The van der Waals surface area contributed by atoms with Crippen LogP contribution in [0.15, 0.2) is 36.8 Å². The molecule has 5 heteroatoms. The minimum absolute atomic E-state index is 0.370. The molecule has 0 saturated carbocycles. The largest absolute Gasteiger partial charge is 0.437 e. The van der Waals surface area contributed by atoms with E-state index in [1.165, 1.54) is 6.07 Å². The van der Waals surface area contributed by atoms with Crippen LogP contribution in [-0.4, -0.2) is 16.5 Å². The van der Waals surface area contributed by atoms with Crippen molar-refractivity contribution < 1.29 is 9.13 Å². The van der Waals surface area contributed by atoms with Gasteiger partial charge >= 0.3 is 0 Å². The molecular formula is C15H18FN3O. The molecule has 2 aromatic heterocycles. The second kappa shape index (κ2) is 6.96. The lowest BCUT2D eigenvalue weighted by Gasteiger charge is -2.11. The summed E-state index contributed by atoms with van der Waals surface area (Å²) in [5.41, 5.74) is 0.689. The van der Waals surface area contributed by atoms with Gasteiger partial charge in [-0.05, 0) is 30.7 Å². The first-order chi connectivity index (χ1) is 9.65. The minimum Gasteiger partial charge on any atom is -0.437 e. The molecule has 0 spiro atoms. The van der Waals surface area contributed by atoms with Crippen LogP contribution >= 0.6 is 0 Å². The molecule has 2 rings (SSSR count). The van der Waals surface area contributed by atoms with Gasteiger partial charge in [-0.1, -0.05) is 13.8 Å². The van der Waals surface area contributed by atoms with Crippen molar-refractivity contribution in [2.75, 3.05) is 6.54 Å². The molecule has 106 valence electrons. The van der Waals surface area contributed by atoms with E-state index in [1.807, 2.05) is 0 Å². The van der Waals surface area contributed by atoms with Crippen LogP contribution in [0.1, 0.15) is 19.4 Å². The van der Waals surface area contributed by atoms with Crippen molar-refractivity contribution in [3.63, 3.8) is 0 Å². The Morgan fingerprint density at radius 1 is 1.35 bits per heavy atom. The maximum Gasteiger partial charge on any atom is 0.223 e. The lowest BCUT2D eigenvalue weighted by molar-refractivity contribution is 0.444. The first-order valence-corrected chi connectivity index (χ1v) is 6.58. The van der Waals surface area contributed by atoms with Crippen molar-refractivity contribution in [2.24, 2.45) is 5.92 Å². The molecule has 0 radical (unpaired) electrons. The molecule has 0 saturated heterocycles. The number of nitrogens with zero attached hydrogens (tertiary/aromatic N) is 2. The third-order valence-electron chi connectivity index (χ3n) is 2.61. The number of hydrogen-bond acceptors (Lipinski definition) is 4.